The van der Waals surface area contributed by atoms with Crippen LogP contribution in [0.15, 0.2) is 18.2 Å². The third kappa shape index (κ3) is 2.93. The van der Waals surface area contributed by atoms with E-state index < -0.39 is 4.92 Å². The van der Waals surface area contributed by atoms with Crippen LogP contribution in [0.5, 0.6) is 0 Å². The summed E-state index contributed by atoms with van der Waals surface area (Å²) in [6, 6.07) is 4.47. The van der Waals surface area contributed by atoms with Crippen LogP contribution < -0.4 is 0 Å². The molecule has 0 saturated carbocycles. The number of carbonyl (C=O) groups is 1. The number of rotatable bonds is 4. The van der Waals surface area contributed by atoms with Gasteiger partial charge >= 0.3 is 5.69 Å². The minimum absolute atomic E-state index is 0.00477. The van der Waals surface area contributed by atoms with Crippen molar-refractivity contribution in [3.05, 3.63) is 38.9 Å². The van der Waals surface area contributed by atoms with Gasteiger partial charge in [0.2, 0.25) is 0 Å². The maximum absolute atomic E-state index is 12.4. The van der Waals surface area contributed by atoms with Crippen molar-refractivity contribution in [3.8, 4) is 0 Å². The Morgan fingerprint density at radius 1 is 1.55 bits per heavy atom. The van der Waals surface area contributed by atoms with E-state index in [4.69, 9.17) is 11.6 Å². The van der Waals surface area contributed by atoms with E-state index in [1.165, 1.54) is 12.1 Å². The zero-order chi connectivity index (χ0) is 14.7. The van der Waals surface area contributed by atoms with Crippen LogP contribution in [0.4, 0.5) is 5.69 Å². The fraction of sp³-hybridized carbons (Fsp3) is 0.500. The number of halogens is 1. The molecule has 0 aliphatic carbocycles. The fourth-order valence-corrected chi connectivity index (χ4v) is 2.95. The lowest BCUT2D eigenvalue weighted by Crippen LogP contribution is -2.29. The molecular weight excluding hydrogens is 280 g/mol. The van der Waals surface area contributed by atoms with E-state index in [1.54, 1.807) is 11.0 Å². The summed E-state index contributed by atoms with van der Waals surface area (Å²) in [6.07, 6.45) is 3.14. The average molecular weight is 297 g/mol. The maximum Gasteiger partial charge on any atom is 0.300 e. The Labute approximate surface area is 122 Å². The SMILES string of the molecule is CCCC1CCN(C(=O)c2cccc(Cl)c2[N+](=O)[O-])C1. The number of benzene rings is 1. The molecule has 20 heavy (non-hydrogen) atoms. The van der Waals surface area contributed by atoms with E-state index in [2.05, 4.69) is 6.92 Å². The zero-order valence-electron chi connectivity index (χ0n) is 11.3. The molecule has 0 N–H and O–H groups in total. The highest BCUT2D eigenvalue weighted by atomic mass is 35.5. The van der Waals surface area contributed by atoms with Crippen molar-refractivity contribution in [2.75, 3.05) is 13.1 Å². The van der Waals surface area contributed by atoms with Crippen LogP contribution in [0.2, 0.25) is 5.02 Å². The van der Waals surface area contributed by atoms with Gasteiger partial charge in [-0.1, -0.05) is 31.0 Å². The number of carbonyl (C=O) groups excluding carboxylic acids is 1. The topological polar surface area (TPSA) is 63.5 Å². The van der Waals surface area contributed by atoms with Gasteiger partial charge in [0.15, 0.2) is 0 Å². The molecule has 1 aromatic rings. The molecule has 1 heterocycles. The van der Waals surface area contributed by atoms with Gasteiger partial charge in [0, 0.05) is 13.1 Å². The number of amides is 1. The first-order chi connectivity index (χ1) is 9.54. The summed E-state index contributed by atoms with van der Waals surface area (Å²) in [5.74, 6) is 0.208. The number of nitro benzene ring substituents is 1. The molecule has 1 unspecified atom stereocenters. The summed E-state index contributed by atoms with van der Waals surface area (Å²) in [6.45, 7) is 3.45. The van der Waals surface area contributed by atoms with E-state index in [0.717, 1.165) is 19.3 Å². The van der Waals surface area contributed by atoms with Gasteiger partial charge in [-0.15, -0.1) is 0 Å². The number of nitro groups is 1. The van der Waals surface area contributed by atoms with Crippen LogP contribution >= 0.6 is 11.6 Å². The highest BCUT2D eigenvalue weighted by molar-refractivity contribution is 6.33. The van der Waals surface area contributed by atoms with Gasteiger partial charge in [0.1, 0.15) is 10.6 Å². The van der Waals surface area contributed by atoms with E-state index in [1.807, 2.05) is 0 Å². The summed E-state index contributed by atoms with van der Waals surface area (Å²) in [5.41, 5.74) is -0.210. The third-order valence-electron chi connectivity index (χ3n) is 3.67. The molecule has 5 nitrogen and oxygen atoms in total. The van der Waals surface area contributed by atoms with Crippen molar-refractivity contribution in [2.24, 2.45) is 5.92 Å². The average Bonchev–Trinajstić information content (AvgIpc) is 2.86. The minimum Gasteiger partial charge on any atom is -0.338 e. The lowest BCUT2D eigenvalue weighted by atomic mass is 10.0. The molecule has 1 aliphatic heterocycles. The van der Waals surface area contributed by atoms with Crippen LogP contribution in [-0.2, 0) is 0 Å². The maximum atomic E-state index is 12.4. The molecular formula is C14H17ClN2O3. The van der Waals surface area contributed by atoms with Gasteiger partial charge in [-0.05, 0) is 30.9 Å². The summed E-state index contributed by atoms with van der Waals surface area (Å²) in [7, 11) is 0. The Kier molecular flexibility index (Phi) is 4.60. The van der Waals surface area contributed by atoms with Crippen molar-refractivity contribution in [1.29, 1.82) is 0 Å². The summed E-state index contributed by atoms with van der Waals surface area (Å²) >= 11 is 5.84. The molecule has 1 fully saturated rings. The molecule has 0 bridgehead atoms. The molecule has 1 aromatic carbocycles. The molecule has 1 saturated heterocycles. The van der Waals surface area contributed by atoms with Gasteiger partial charge in [-0.25, -0.2) is 0 Å². The lowest BCUT2D eigenvalue weighted by Gasteiger charge is -2.16. The third-order valence-corrected chi connectivity index (χ3v) is 3.97. The number of nitrogens with zero attached hydrogens (tertiary/aromatic N) is 2. The second-order valence-electron chi connectivity index (χ2n) is 5.09. The van der Waals surface area contributed by atoms with Gasteiger partial charge in [0.25, 0.3) is 5.91 Å². The van der Waals surface area contributed by atoms with Crippen molar-refractivity contribution < 1.29 is 9.72 Å². The van der Waals surface area contributed by atoms with Gasteiger partial charge in [0.05, 0.1) is 4.92 Å². The second kappa shape index (κ2) is 6.22. The summed E-state index contributed by atoms with van der Waals surface area (Å²) in [4.78, 5) is 24.6. The standard InChI is InChI=1S/C14H17ClN2O3/c1-2-4-10-7-8-16(9-10)14(18)11-5-3-6-12(15)13(11)17(19)20/h3,5-6,10H,2,4,7-9H2,1H3. The zero-order valence-corrected chi connectivity index (χ0v) is 12.1. The number of likely N-dealkylation sites (tertiary alicyclic amines) is 1. The second-order valence-corrected chi connectivity index (χ2v) is 5.49. The summed E-state index contributed by atoms with van der Waals surface area (Å²) in [5, 5.41) is 11.1. The molecule has 1 amide bonds. The number of hydrogen-bond donors (Lipinski definition) is 0. The number of hydrogen-bond acceptors (Lipinski definition) is 3. The predicted molar refractivity (Wildman–Crippen MR) is 77.0 cm³/mol. The Morgan fingerprint density at radius 2 is 2.30 bits per heavy atom. The molecule has 0 aromatic heterocycles. The van der Waals surface area contributed by atoms with E-state index in [-0.39, 0.29) is 22.2 Å². The Balaban J connectivity index is 2.22. The van der Waals surface area contributed by atoms with Crippen LogP contribution in [0.1, 0.15) is 36.5 Å². The van der Waals surface area contributed by atoms with Crippen molar-refractivity contribution in [3.63, 3.8) is 0 Å². The smallest absolute Gasteiger partial charge is 0.300 e. The van der Waals surface area contributed by atoms with Crippen LogP contribution in [0.25, 0.3) is 0 Å². The molecule has 1 atom stereocenters. The Morgan fingerprint density at radius 3 is 2.95 bits per heavy atom. The molecule has 108 valence electrons. The van der Waals surface area contributed by atoms with Crippen LogP contribution in [-0.4, -0.2) is 28.8 Å². The molecule has 6 heteroatoms. The number of para-hydroxylation sites is 1. The molecule has 0 radical (unpaired) electrons. The Hall–Kier alpha value is -1.62. The normalized spacial score (nSPS) is 18.3. The largest absolute Gasteiger partial charge is 0.338 e. The first-order valence-corrected chi connectivity index (χ1v) is 7.14. The van der Waals surface area contributed by atoms with E-state index in [0.29, 0.717) is 19.0 Å². The van der Waals surface area contributed by atoms with Crippen LogP contribution in [0, 0.1) is 16.0 Å². The first kappa shape index (κ1) is 14.8. The van der Waals surface area contributed by atoms with E-state index >= 15 is 0 Å². The molecule has 2 rings (SSSR count). The fourth-order valence-electron chi connectivity index (χ4n) is 2.70. The highest BCUT2D eigenvalue weighted by Gasteiger charge is 2.31. The van der Waals surface area contributed by atoms with Gasteiger partial charge in [-0.3, -0.25) is 14.9 Å². The van der Waals surface area contributed by atoms with Gasteiger partial charge < -0.3 is 4.90 Å². The quantitative estimate of drug-likeness (QED) is 0.631. The predicted octanol–water partition coefficient (Wildman–Crippen LogP) is 3.51. The Bertz CT molecular complexity index is 533. The van der Waals surface area contributed by atoms with Crippen molar-refractivity contribution in [2.45, 2.75) is 26.2 Å². The van der Waals surface area contributed by atoms with Crippen molar-refractivity contribution in [1.82, 2.24) is 4.90 Å². The minimum atomic E-state index is -0.588. The summed E-state index contributed by atoms with van der Waals surface area (Å²) < 4.78 is 0. The molecule has 1 aliphatic rings. The van der Waals surface area contributed by atoms with Crippen LogP contribution in [0.3, 0.4) is 0 Å². The first-order valence-electron chi connectivity index (χ1n) is 6.76. The highest BCUT2D eigenvalue weighted by Crippen LogP contribution is 2.31. The van der Waals surface area contributed by atoms with E-state index in [9.17, 15) is 14.9 Å². The van der Waals surface area contributed by atoms with Crippen molar-refractivity contribution >= 4 is 23.2 Å². The molecule has 0 spiro atoms. The lowest BCUT2D eigenvalue weighted by molar-refractivity contribution is -0.385. The monoisotopic (exact) mass is 296 g/mol. The van der Waals surface area contributed by atoms with Gasteiger partial charge in [-0.2, -0.15) is 0 Å².